The lowest BCUT2D eigenvalue weighted by atomic mass is 10.3. The molecule has 0 amide bonds. The summed E-state index contributed by atoms with van der Waals surface area (Å²) in [5.74, 6) is 0. The maximum atomic E-state index is 5.04. The van der Waals surface area contributed by atoms with Gasteiger partial charge < -0.3 is 4.74 Å². The summed E-state index contributed by atoms with van der Waals surface area (Å²) in [6, 6.07) is 1.95. The third-order valence-corrected chi connectivity index (χ3v) is 1.52. The molecule has 0 bridgehead atoms. The first kappa shape index (κ1) is 6.16. The second-order valence-electron chi connectivity index (χ2n) is 2.25. The van der Waals surface area contributed by atoms with Crippen molar-refractivity contribution < 1.29 is 4.74 Å². The molecule has 0 aromatic carbocycles. The van der Waals surface area contributed by atoms with Crippen molar-refractivity contribution in [2.24, 2.45) is 0 Å². The van der Waals surface area contributed by atoms with Crippen molar-refractivity contribution in [2.45, 2.75) is 0 Å². The summed E-state index contributed by atoms with van der Waals surface area (Å²) in [5.41, 5.74) is 0. The minimum absolute atomic E-state index is 1.01. The second-order valence-corrected chi connectivity index (χ2v) is 2.25. The second kappa shape index (κ2) is 2.58. The highest BCUT2D eigenvalue weighted by Crippen LogP contribution is 1.82. The minimum atomic E-state index is 1.01. The standard InChI is InChI=1S/C9H7NO/c1-2-8-3-4-10-6-9(8)7-11-5-1/h1-7H. The van der Waals surface area contributed by atoms with Crippen LogP contribution in [0, 0.1) is 0 Å². The topological polar surface area (TPSA) is 22.1 Å². The number of hydrogen-bond acceptors (Lipinski definition) is 2. The van der Waals surface area contributed by atoms with Crippen molar-refractivity contribution in [3.05, 3.63) is 41.2 Å². The van der Waals surface area contributed by atoms with Gasteiger partial charge in [0.2, 0.25) is 0 Å². The Bertz CT molecular complexity index is 392. The largest absolute Gasteiger partial charge is 0.472 e. The number of nitrogens with zero attached hydrogens (tertiary/aromatic N) is 1. The maximum Gasteiger partial charge on any atom is 0.0995 e. The van der Waals surface area contributed by atoms with Crippen molar-refractivity contribution >= 4 is 12.3 Å². The number of pyridine rings is 1. The van der Waals surface area contributed by atoms with Crippen LogP contribution in [0.5, 0.6) is 0 Å². The first-order valence-corrected chi connectivity index (χ1v) is 3.39. The Kier molecular flexibility index (Phi) is 1.44. The van der Waals surface area contributed by atoms with E-state index in [4.69, 9.17) is 4.74 Å². The van der Waals surface area contributed by atoms with Crippen LogP contribution in [-0.2, 0) is 4.74 Å². The minimum Gasteiger partial charge on any atom is -0.472 e. The van der Waals surface area contributed by atoms with Gasteiger partial charge in [0.15, 0.2) is 0 Å². The Morgan fingerprint density at radius 1 is 1.27 bits per heavy atom. The van der Waals surface area contributed by atoms with Crippen LogP contribution in [0.2, 0.25) is 0 Å². The molecule has 1 aliphatic rings. The Morgan fingerprint density at radius 3 is 3.27 bits per heavy atom. The zero-order valence-corrected chi connectivity index (χ0v) is 5.90. The van der Waals surface area contributed by atoms with E-state index in [1.54, 1.807) is 24.9 Å². The predicted octanol–water partition coefficient (Wildman–Crippen LogP) is 0.144. The van der Waals surface area contributed by atoms with Gasteiger partial charge in [-0.15, -0.1) is 0 Å². The summed E-state index contributed by atoms with van der Waals surface area (Å²) >= 11 is 0. The van der Waals surface area contributed by atoms with Crippen molar-refractivity contribution in [1.29, 1.82) is 0 Å². The highest BCUT2D eigenvalue weighted by molar-refractivity contribution is 5.39. The van der Waals surface area contributed by atoms with Crippen LogP contribution >= 0.6 is 0 Å². The van der Waals surface area contributed by atoms with Crippen molar-refractivity contribution in [1.82, 2.24) is 4.98 Å². The fourth-order valence-corrected chi connectivity index (χ4v) is 0.969. The van der Waals surface area contributed by atoms with Crippen LogP contribution in [-0.4, -0.2) is 4.98 Å². The Morgan fingerprint density at radius 2 is 2.27 bits per heavy atom. The van der Waals surface area contributed by atoms with Gasteiger partial charge in [-0.2, -0.15) is 0 Å². The molecular weight excluding hydrogens is 138 g/mol. The van der Waals surface area contributed by atoms with Gasteiger partial charge in [0, 0.05) is 17.6 Å². The molecule has 0 N–H and O–H groups in total. The normalized spacial score (nSPS) is 13.5. The molecule has 1 aliphatic heterocycles. The smallest absolute Gasteiger partial charge is 0.0995 e. The van der Waals surface area contributed by atoms with E-state index in [9.17, 15) is 0 Å². The van der Waals surface area contributed by atoms with Crippen LogP contribution < -0.4 is 10.4 Å². The van der Waals surface area contributed by atoms with Gasteiger partial charge in [-0.05, 0) is 17.4 Å². The molecule has 0 aliphatic carbocycles. The van der Waals surface area contributed by atoms with E-state index in [-0.39, 0.29) is 0 Å². The van der Waals surface area contributed by atoms with Crippen molar-refractivity contribution in [3.8, 4) is 0 Å². The Balaban J connectivity index is 2.81. The summed E-state index contributed by atoms with van der Waals surface area (Å²) in [5, 5.41) is 2.14. The average molecular weight is 145 g/mol. The molecule has 0 fully saturated rings. The molecule has 0 radical (unpaired) electrons. The zero-order valence-electron chi connectivity index (χ0n) is 5.90. The molecule has 54 valence electrons. The summed E-state index contributed by atoms with van der Waals surface area (Å²) in [7, 11) is 0. The van der Waals surface area contributed by atoms with Crippen LogP contribution in [0.4, 0.5) is 0 Å². The highest BCUT2D eigenvalue weighted by Gasteiger charge is 1.85. The van der Waals surface area contributed by atoms with Gasteiger partial charge in [0.25, 0.3) is 0 Å². The van der Waals surface area contributed by atoms with E-state index in [2.05, 4.69) is 4.98 Å². The van der Waals surface area contributed by atoms with Crippen molar-refractivity contribution in [2.75, 3.05) is 0 Å². The van der Waals surface area contributed by atoms with E-state index in [0.717, 1.165) is 10.4 Å². The molecule has 0 atom stereocenters. The fourth-order valence-electron chi connectivity index (χ4n) is 0.969. The number of hydrogen-bond donors (Lipinski definition) is 0. The summed E-state index contributed by atoms with van der Waals surface area (Å²) in [6.07, 6.45) is 10.7. The van der Waals surface area contributed by atoms with E-state index >= 15 is 0 Å². The van der Waals surface area contributed by atoms with E-state index in [1.807, 2.05) is 18.2 Å². The lowest BCUT2D eigenvalue weighted by Crippen LogP contribution is -2.23. The molecule has 0 saturated carbocycles. The molecule has 2 nitrogen and oxygen atoms in total. The molecule has 0 spiro atoms. The quantitative estimate of drug-likeness (QED) is 0.518. The van der Waals surface area contributed by atoms with E-state index < -0.39 is 0 Å². The van der Waals surface area contributed by atoms with Crippen molar-refractivity contribution in [3.63, 3.8) is 0 Å². The maximum absolute atomic E-state index is 5.04. The third-order valence-electron chi connectivity index (χ3n) is 1.52. The molecule has 0 saturated heterocycles. The lowest BCUT2D eigenvalue weighted by Gasteiger charge is -1.86. The predicted molar refractivity (Wildman–Crippen MR) is 42.6 cm³/mol. The van der Waals surface area contributed by atoms with Gasteiger partial charge in [-0.1, -0.05) is 6.08 Å². The first-order valence-electron chi connectivity index (χ1n) is 3.39. The first-order chi connectivity index (χ1) is 5.47. The average Bonchev–Trinajstić information content (AvgIpc) is 2.28. The van der Waals surface area contributed by atoms with Gasteiger partial charge in [-0.3, -0.25) is 4.98 Å². The summed E-state index contributed by atoms with van der Waals surface area (Å²) < 4.78 is 5.04. The van der Waals surface area contributed by atoms with E-state index in [0.29, 0.717) is 0 Å². The SMILES string of the molecule is C1=COC=c2cnccc2=C1. The van der Waals surface area contributed by atoms with Crippen LogP contribution in [0.15, 0.2) is 30.8 Å². The number of fused-ring (bicyclic) bond motifs is 1. The van der Waals surface area contributed by atoms with Crippen LogP contribution in [0.25, 0.3) is 12.3 Å². The number of ether oxygens (including phenoxy) is 1. The number of aromatic nitrogens is 1. The highest BCUT2D eigenvalue weighted by atomic mass is 16.5. The number of allylic oxidation sites excluding steroid dienone is 1. The molecule has 2 rings (SSSR count). The summed E-state index contributed by atoms with van der Waals surface area (Å²) in [4.78, 5) is 3.98. The monoisotopic (exact) mass is 145 g/mol. The van der Waals surface area contributed by atoms with Gasteiger partial charge in [0.1, 0.15) is 0 Å². The molecule has 11 heavy (non-hydrogen) atoms. The molecule has 0 unspecified atom stereocenters. The Labute approximate surface area is 64.1 Å². The molecule has 1 aromatic heterocycles. The Hall–Kier alpha value is -1.57. The fraction of sp³-hybridized carbons (Fsp3) is 0. The molecular formula is C9H7NO. The lowest BCUT2D eigenvalue weighted by molar-refractivity contribution is 0.461. The molecule has 2 heteroatoms. The number of rotatable bonds is 0. The van der Waals surface area contributed by atoms with Gasteiger partial charge >= 0.3 is 0 Å². The van der Waals surface area contributed by atoms with E-state index in [1.165, 1.54) is 0 Å². The molecule has 2 heterocycles. The van der Waals surface area contributed by atoms with Gasteiger partial charge in [-0.25, -0.2) is 0 Å². The van der Waals surface area contributed by atoms with Gasteiger partial charge in [0.05, 0.1) is 12.5 Å². The zero-order chi connectivity index (χ0) is 7.52. The van der Waals surface area contributed by atoms with Crippen LogP contribution in [0.1, 0.15) is 0 Å². The third kappa shape index (κ3) is 1.15. The van der Waals surface area contributed by atoms with Crippen LogP contribution in [0.3, 0.4) is 0 Å². The molecule has 1 aromatic rings. The summed E-state index contributed by atoms with van der Waals surface area (Å²) in [6.45, 7) is 0.